The maximum atomic E-state index is 11.2. The minimum Gasteiger partial charge on any atom is -0.388 e. The number of pyridine rings is 1. The van der Waals surface area contributed by atoms with E-state index in [0.29, 0.717) is 18.5 Å². The van der Waals surface area contributed by atoms with Gasteiger partial charge in [0.15, 0.2) is 12.4 Å². The van der Waals surface area contributed by atoms with Crippen LogP contribution in [0.2, 0.25) is 0 Å². The normalized spacial score (nSPS) is 26.2. The highest BCUT2D eigenvalue weighted by atomic mass is 35.9. The van der Waals surface area contributed by atoms with E-state index < -0.39 is 36.4 Å². The van der Waals surface area contributed by atoms with Gasteiger partial charge in [0.25, 0.3) is 5.91 Å². The number of carbonyl (C=O) groups is 1. The average molecular weight is 428 g/mol. The number of aliphatic hydroxyl groups excluding tert-OH is 2. The smallest absolute Gasteiger partial charge is 0.380 e. The van der Waals surface area contributed by atoms with Crippen LogP contribution in [0.4, 0.5) is 0 Å². The number of aliphatic hydroxyl groups is 2. The second-order valence-electron chi connectivity index (χ2n) is 6.09. The fourth-order valence-corrected chi connectivity index (χ4v) is 3.47. The summed E-state index contributed by atoms with van der Waals surface area (Å²) in [7, 11) is 0. The molecule has 0 aromatic carbocycles. The molecule has 0 saturated carbocycles. The third kappa shape index (κ3) is 6.46. The first-order valence-electron chi connectivity index (χ1n) is 8.12. The summed E-state index contributed by atoms with van der Waals surface area (Å²) in [5.41, 5.74) is 5.68. The molecule has 0 aliphatic carbocycles. The summed E-state index contributed by atoms with van der Waals surface area (Å²) < 4.78 is 23.3. The lowest BCUT2D eigenvalue weighted by atomic mass is 10.0. The number of halogens is 2. The number of unbranched alkanes of at least 4 members (excludes halogenated alkanes) is 1. The summed E-state index contributed by atoms with van der Waals surface area (Å²) in [6.45, 7) is 0.398. The Hall–Kier alpha value is -0.730. The van der Waals surface area contributed by atoms with Gasteiger partial charge in [-0.3, -0.25) is 9.36 Å². The zero-order valence-electron chi connectivity index (χ0n) is 13.9. The summed E-state index contributed by atoms with van der Waals surface area (Å²) in [4.78, 5) is 11.2. The maximum Gasteiger partial charge on any atom is 0.380 e. The van der Waals surface area contributed by atoms with Crippen LogP contribution in [-0.4, -0.2) is 47.1 Å². The van der Waals surface area contributed by atoms with Crippen LogP contribution in [0.25, 0.3) is 0 Å². The van der Waals surface area contributed by atoms with Gasteiger partial charge < -0.3 is 25.2 Å². The minimum atomic E-state index is -3.72. The second kappa shape index (κ2) is 9.46. The van der Waals surface area contributed by atoms with Crippen LogP contribution in [0.3, 0.4) is 0 Å². The number of rotatable bonds is 9. The Morgan fingerprint density at radius 3 is 2.65 bits per heavy atom. The molecule has 1 aliphatic rings. The van der Waals surface area contributed by atoms with Crippen molar-refractivity contribution in [1.29, 1.82) is 0 Å². The Morgan fingerprint density at radius 1 is 1.31 bits per heavy atom. The number of aromatic nitrogens is 1. The van der Waals surface area contributed by atoms with E-state index in [9.17, 15) is 19.6 Å². The number of nitrogens with two attached hydrogens (primary N) is 1. The van der Waals surface area contributed by atoms with Crippen molar-refractivity contribution < 1.29 is 33.4 Å². The Labute approximate surface area is 160 Å². The van der Waals surface area contributed by atoms with Crippen LogP contribution >= 0.6 is 28.6 Å². The summed E-state index contributed by atoms with van der Waals surface area (Å²) in [6, 6.07) is 3.39. The molecule has 0 radical (unpaired) electrons. The Balaban J connectivity index is 1.76. The van der Waals surface area contributed by atoms with Crippen LogP contribution in [0.5, 0.6) is 0 Å². The van der Waals surface area contributed by atoms with Gasteiger partial charge in [-0.2, -0.15) is 0 Å². The lowest BCUT2D eigenvalue weighted by Gasteiger charge is -2.14. The van der Waals surface area contributed by atoms with Gasteiger partial charge in [-0.15, -0.1) is 0 Å². The first-order valence-corrected chi connectivity index (χ1v) is 11.6. The Kier molecular flexibility index (Phi) is 7.85. The summed E-state index contributed by atoms with van der Waals surface area (Å²) >= 11 is 10.6. The number of ether oxygens (including phenoxy) is 1. The molecule has 1 unspecified atom stereocenters. The van der Waals surface area contributed by atoms with E-state index in [0.717, 1.165) is 12.8 Å². The highest BCUT2D eigenvalue weighted by molar-refractivity contribution is 8.05. The molecule has 2 rings (SSSR count). The van der Waals surface area contributed by atoms with E-state index in [-0.39, 0.29) is 6.61 Å². The molecule has 1 aromatic heterocycles. The molecule has 11 heteroatoms. The zero-order valence-corrected chi connectivity index (χ0v) is 16.3. The van der Waals surface area contributed by atoms with Gasteiger partial charge in [0.1, 0.15) is 30.4 Å². The van der Waals surface area contributed by atoms with Gasteiger partial charge in [-0.05, 0) is 41.4 Å². The maximum absolute atomic E-state index is 11.2. The van der Waals surface area contributed by atoms with Crippen molar-refractivity contribution in [2.45, 2.75) is 50.2 Å². The molecule has 1 aliphatic heterocycles. The quantitative estimate of drug-likeness (QED) is 0.310. The molecule has 26 heavy (non-hydrogen) atoms. The number of carbonyl (C=O) groups excluding carboxylic acids is 1. The lowest BCUT2D eigenvalue weighted by molar-refractivity contribution is -0.697. The van der Waals surface area contributed by atoms with E-state index in [4.69, 9.17) is 37.5 Å². The minimum absolute atomic E-state index is 0.269. The first kappa shape index (κ1) is 21.6. The van der Waals surface area contributed by atoms with Crippen molar-refractivity contribution in [3.8, 4) is 0 Å². The molecule has 0 spiro atoms. The average Bonchev–Trinajstić information content (AvgIpc) is 2.84. The van der Waals surface area contributed by atoms with Crippen LogP contribution in [0, 0.1) is 0 Å². The molecular formula is C15H22Cl2N2O6P+. The van der Waals surface area contributed by atoms with Crippen molar-refractivity contribution >= 4 is 34.5 Å². The fourth-order valence-electron chi connectivity index (χ4n) is 2.81. The zero-order chi connectivity index (χ0) is 19.3. The molecule has 1 amide bonds. The Bertz CT molecular complexity index is 673. The lowest BCUT2D eigenvalue weighted by Crippen LogP contribution is -2.35. The molecule has 146 valence electrons. The molecular weight excluding hydrogens is 406 g/mol. The van der Waals surface area contributed by atoms with Gasteiger partial charge in [0.2, 0.25) is 0 Å². The van der Waals surface area contributed by atoms with E-state index in [1.807, 2.05) is 10.8 Å². The molecule has 8 nitrogen and oxygen atoms in total. The van der Waals surface area contributed by atoms with Crippen molar-refractivity contribution in [3.63, 3.8) is 0 Å². The van der Waals surface area contributed by atoms with E-state index in [1.54, 1.807) is 18.3 Å². The highest BCUT2D eigenvalue weighted by Crippen LogP contribution is 2.57. The topological polar surface area (TPSA) is 123 Å². The molecule has 1 saturated heterocycles. The second-order valence-corrected chi connectivity index (χ2v) is 10.4. The fraction of sp³-hybridized carbons (Fsp3) is 0.600. The summed E-state index contributed by atoms with van der Waals surface area (Å²) in [5, 5.41) is 20.0. The van der Waals surface area contributed by atoms with Crippen molar-refractivity contribution in [2.24, 2.45) is 5.73 Å². The number of nitrogens with zero attached hydrogens (tertiary/aromatic N) is 1. The number of amides is 1. The van der Waals surface area contributed by atoms with Gasteiger partial charge in [-0.1, -0.05) is 0 Å². The molecule has 1 aromatic rings. The van der Waals surface area contributed by atoms with Crippen LogP contribution in [-0.2, 0) is 20.4 Å². The number of primary amides is 1. The van der Waals surface area contributed by atoms with Gasteiger partial charge in [0.05, 0.1) is 12.7 Å². The highest BCUT2D eigenvalue weighted by Gasteiger charge is 2.42. The molecule has 4 atom stereocenters. The number of hydrogen-bond acceptors (Lipinski definition) is 6. The van der Waals surface area contributed by atoms with Crippen molar-refractivity contribution in [1.82, 2.24) is 0 Å². The molecule has 2 heterocycles. The van der Waals surface area contributed by atoms with Crippen LogP contribution in [0.15, 0.2) is 24.5 Å². The third-order valence-corrected chi connectivity index (χ3v) is 5.18. The van der Waals surface area contributed by atoms with Gasteiger partial charge in [0, 0.05) is 12.5 Å². The standard InChI is InChI=1S/C15H21Cl2N2O6P/c16-26(17,23)24-9-12-14(21)13(20)11(25-12)5-1-2-6-19-7-3-4-10(8-19)15(18)22/h3-4,7-8,11-14,20-21H,1-2,5-6,9H2,(H-,18,22)/p+1/t11?,12-,13+,14-/m1/s1. The Morgan fingerprint density at radius 2 is 2.00 bits per heavy atom. The van der Waals surface area contributed by atoms with Crippen LogP contribution in [0.1, 0.15) is 29.6 Å². The van der Waals surface area contributed by atoms with Crippen molar-refractivity contribution in [3.05, 3.63) is 30.1 Å². The predicted octanol–water partition coefficient (Wildman–Crippen LogP) is 1.33. The monoisotopic (exact) mass is 427 g/mol. The number of hydrogen-bond donors (Lipinski definition) is 3. The molecule has 0 bridgehead atoms. The van der Waals surface area contributed by atoms with E-state index in [1.165, 1.54) is 0 Å². The van der Waals surface area contributed by atoms with Gasteiger partial charge in [-0.25, -0.2) is 4.57 Å². The SMILES string of the molecule is NC(=O)c1ccc[n+](CCCCC2O[C@H](COP(=O)(Cl)Cl)[C@@H](O)[C@H]2O)c1. The van der Waals surface area contributed by atoms with Gasteiger partial charge >= 0.3 is 6.07 Å². The molecule has 4 N–H and O–H groups in total. The van der Waals surface area contributed by atoms with E-state index >= 15 is 0 Å². The largest absolute Gasteiger partial charge is 0.388 e. The van der Waals surface area contributed by atoms with E-state index in [2.05, 4.69) is 0 Å². The summed E-state index contributed by atoms with van der Waals surface area (Å²) in [5.74, 6) is -0.484. The van der Waals surface area contributed by atoms with Crippen LogP contribution < -0.4 is 10.3 Å². The third-order valence-electron chi connectivity index (χ3n) is 4.15. The number of aryl methyl sites for hydroxylation is 1. The first-order chi connectivity index (χ1) is 12.2. The predicted molar refractivity (Wildman–Crippen MR) is 94.9 cm³/mol. The molecule has 1 fully saturated rings. The summed E-state index contributed by atoms with van der Waals surface area (Å²) in [6.07, 6.45) is -1.84. The van der Waals surface area contributed by atoms with Crippen molar-refractivity contribution in [2.75, 3.05) is 6.61 Å².